The third kappa shape index (κ3) is 2.60. The molecule has 112 valence electrons. The summed E-state index contributed by atoms with van der Waals surface area (Å²) in [6.45, 7) is 6.19. The number of likely N-dealkylation sites (tertiary alicyclic amines) is 1. The molecular weight excluding hydrogens is 264 g/mol. The van der Waals surface area contributed by atoms with Crippen molar-refractivity contribution in [3.63, 3.8) is 0 Å². The minimum absolute atomic E-state index is 0.0246. The Hall–Kier alpha value is -2.04. The second-order valence-corrected chi connectivity index (χ2v) is 6.00. The number of imidazole rings is 1. The lowest BCUT2D eigenvalue weighted by atomic mass is 9.98. The number of hydrogen-bond donors (Lipinski definition) is 1. The minimum Gasteiger partial charge on any atom is -0.319 e. The van der Waals surface area contributed by atoms with Gasteiger partial charge in [0.05, 0.1) is 11.4 Å². The van der Waals surface area contributed by atoms with E-state index < -0.39 is 0 Å². The first-order valence-corrected chi connectivity index (χ1v) is 7.60. The quantitative estimate of drug-likeness (QED) is 0.873. The number of carbonyl (C=O) groups excluding carboxylic acids is 1. The molecule has 5 heteroatoms. The van der Waals surface area contributed by atoms with Gasteiger partial charge in [-0.25, -0.2) is 9.78 Å². The van der Waals surface area contributed by atoms with Crippen LogP contribution in [0.4, 0.5) is 10.5 Å². The van der Waals surface area contributed by atoms with Gasteiger partial charge in [0.1, 0.15) is 0 Å². The van der Waals surface area contributed by atoms with Gasteiger partial charge in [0, 0.05) is 24.5 Å². The zero-order chi connectivity index (χ0) is 15.0. The zero-order valence-corrected chi connectivity index (χ0v) is 12.8. The standard InChI is InChI=1S/C16H22N4O/c1-11-10-19-9-5-8-14(15(19)17-11)18-16(21)20-12(2)6-4-7-13(20)3/h5,8-10,12-13H,4,6-7H2,1-3H3,(H,18,21). The number of rotatable bonds is 1. The lowest BCUT2D eigenvalue weighted by Gasteiger charge is -2.38. The summed E-state index contributed by atoms with van der Waals surface area (Å²) in [5.41, 5.74) is 2.50. The van der Waals surface area contributed by atoms with E-state index in [0.29, 0.717) is 0 Å². The maximum absolute atomic E-state index is 12.6. The Morgan fingerprint density at radius 3 is 2.76 bits per heavy atom. The van der Waals surface area contributed by atoms with Gasteiger partial charge in [-0.15, -0.1) is 0 Å². The molecule has 0 spiro atoms. The molecule has 0 saturated carbocycles. The van der Waals surface area contributed by atoms with Gasteiger partial charge in [0.15, 0.2) is 5.65 Å². The fourth-order valence-corrected chi connectivity index (χ4v) is 3.23. The van der Waals surface area contributed by atoms with E-state index in [1.165, 1.54) is 6.42 Å². The third-order valence-corrected chi connectivity index (χ3v) is 4.27. The van der Waals surface area contributed by atoms with Crippen molar-refractivity contribution in [3.8, 4) is 0 Å². The van der Waals surface area contributed by atoms with Crippen molar-refractivity contribution in [2.24, 2.45) is 0 Å². The molecule has 3 rings (SSSR count). The second kappa shape index (κ2) is 5.39. The van der Waals surface area contributed by atoms with Crippen molar-refractivity contribution in [3.05, 3.63) is 30.2 Å². The minimum atomic E-state index is -0.0246. The monoisotopic (exact) mass is 286 g/mol. The maximum Gasteiger partial charge on any atom is 0.322 e. The normalized spacial score (nSPS) is 22.5. The molecule has 0 aliphatic carbocycles. The molecule has 2 aromatic rings. The topological polar surface area (TPSA) is 49.6 Å². The van der Waals surface area contributed by atoms with Crippen LogP contribution >= 0.6 is 0 Å². The molecule has 2 aromatic heterocycles. The van der Waals surface area contributed by atoms with Crippen LogP contribution in [0, 0.1) is 6.92 Å². The molecule has 0 bridgehead atoms. The van der Waals surface area contributed by atoms with Crippen LogP contribution < -0.4 is 5.32 Å². The van der Waals surface area contributed by atoms with Crippen LogP contribution in [0.5, 0.6) is 0 Å². The first-order chi connectivity index (χ1) is 10.1. The van der Waals surface area contributed by atoms with Crippen molar-refractivity contribution in [1.82, 2.24) is 14.3 Å². The van der Waals surface area contributed by atoms with Crippen LogP contribution in [0.1, 0.15) is 38.8 Å². The summed E-state index contributed by atoms with van der Waals surface area (Å²) in [5.74, 6) is 0. The van der Waals surface area contributed by atoms with E-state index in [9.17, 15) is 4.79 Å². The molecule has 2 amide bonds. The molecule has 21 heavy (non-hydrogen) atoms. The largest absolute Gasteiger partial charge is 0.322 e. The summed E-state index contributed by atoms with van der Waals surface area (Å²) >= 11 is 0. The highest BCUT2D eigenvalue weighted by Crippen LogP contribution is 2.24. The summed E-state index contributed by atoms with van der Waals surface area (Å²) in [6.07, 6.45) is 7.24. The smallest absolute Gasteiger partial charge is 0.319 e. The predicted octanol–water partition coefficient (Wildman–Crippen LogP) is 3.44. The second-order valence-electron chi connectivity index (χ2n) is 6.00. The Balaban J connectivity index is 1.86. The molecule has 0 aromatic carbocycles. The van der Waals surface area contributed by atoms with Crippen LogP contribution in [0.3, 0.4) is 0 Å². The highest BCUT2D eigenvalue weighted by Gasteiger charge is 2.29. The molecule has 1 aliphatic heterocycles. The lowest BCUT2D eigenvalue weighted by molar-refractivity contribution is 0.133. The van der Waals surface area contributed by atoms with Crippen LogP contribution in [0.25, 0.3) is 5.65 Å². The van der Waals surface area contributed by atoms with E-state index in [0.717, 1.165) is 29.9 Å². The third-order valence-electron chi connectivity index (χ3n) is 4.27. The highest BCUT2D eigenvalue weighted by molar-refractivity contribution is 5.93. The number of nitrogens with one attached hydrogen (secondary N) is 1. The maximum atomic E-state index is 12.6. The van der Waals surface area contributed by atoms with Gasteiger partial charge in [-0.05, 0) is 52.2 Å². The zero-order valence-electron chi connectivity index (χ0n) is 12.8. The predicted molar refractivity (Wildman–Crippen MR) is 83.6 cm³/mol. The number of hydrogen-bond acceptors (Lipinski definition) is 2. The van der Waals surface area contributed by atoms with Gasteiger partial charge in [-0.1, -0.05) is 0 Å². The van der Waals surface area contributed by atoms with Crippen molar-refractivity contribution in [1.29, 1.82) is 0 Å². The van der Waals surface area contributed by atoms with Gasteiger partial charge in [0.2, 0.25) is 0 Å². The van der Waals surface area contributed by atoms with Crippen LogP contribution in [-0.4, -0.2) is 32.4 Å². The average molecular weight is 286 g/mol. The molecule has 1 fully saturated rings. The van der Waals surface area contributed by atoms with Gasteiger partial charge < -0.3 is 14.6 Å². The van der Waals surface area contributed by atoms with Gasteiger partial charge in [-0.2, -0.15) is 0 Å². The van der Waals surface area contributed by atoms with Gasteiger partial charge >= 0.3 is 6.03 Å². The van der Waals surface area contributed by atoms with Crippen LogP contribution in [-0.2, 0) is 0 Å². The number of urea groups is 1. The Kier molecular flexibility index (Phi) is 3.57. The first kappa shape index (κ1) is 13.9. The molecule has 0 radical (unpaired) electrons. The van der Waals surface area contributed by atoms with E-state index in [1.54, 1.807) is 0 Å². The van der Waals surface area contributed by atoms with E-state index in [4.69, 9.17) is 0 Å². The fraction of sp³-hybridized carbons (Fsp3) is 0.500. The molecule has 2 unspecified atom stereocenters. The summed E-state index contributed by atoms with van der Waals surface area (Å²) in [7, 11) is 0. The SMILES string of the molecule is Cc1cn2cccc(NC(=O)N3C(C)CCCC3C)c2n1. The van der Waals surface area contributed by atoms with Gasteiger partial charge in [-0.3, -0.25) is 0 Å². The van der Waals surface area contributed by atoms with Crippen molar-refractivity contribution in [2.45, 2.75) is 52.1 Å². The van der Waals surface area contributed by atoms with E-state index in [2.05, 4.69) is 24.1 Å². The first-order valence-electron chi connectivity index (χ1n) is 7.60. The molecular formula is C16H22N4O. The summed E-state index contributed by atoms with van der Waals surface area (Å²) < 4.78 is 1.94. The van der Waals surface area contributed by atoms with Crippen molar-refractivity contribution < 1.29 is 4.79 Å². The van der Waals surface area contributed by atoms with Crippen LogP contribution in [0.2, 0.25) is 0 Å². The number of piperidine rings is 1. The Morgan fingerprint density at radius 1 is 1.33 bits per heavy atom. The van der Waals surface area contributed by atoms with E-state index in [-0.39, 0.29) is 18.1 Å². The fourth-order valence-electron chi connectivity index (χ4n) is 3.23. The lowest BCUT2D eigenvalue weighted by Crippen LogP contribution is -2.49. The number of nitrogens with zero attached hydrogens (tertiary/aromatic N) is 3. The summed E-state index contributed by atoms with van der Waals surface area (Å²) in [5, 5.41) is 3.03. The van der Waals surface area contributed by atoms with E-state index in [1.807, 2.05) is 40.8 Å². The molecule has 1 aliphatic rings. The average Bonchev–Trinajstić information content (AvgIpc) is 2.80. The molecule has 2 atom stereocenters. The van der Waals surface area contributed by atoms with Crippen molar-refractivity contribution in [2.75, 3.05) is 5.32 Å². The summed E-state index contributed by atoms with van der Waals surface area (Å²) in [4.78, 5) is 19.1. The number of pyridine rings is 1. The summed E-state index contributed by atoms with van der Waals surface area (Å²) in [6, 6.07) is 4.37. The molecule has 5 nitrogen and oxygen atoms in total. The Morgan fingerprint density at radius 2 is 2.05 bits per heavy atom. The van der Waals surface area contributed by atoms with Crippen molar-refractivity contribution >= 4 is 17.4 Å². The number of aryl methyl sites for hydroxylation is 1. The van der Waals surface area contributed by atoms with Gasteiger partial charge in [0.25, 0.3) is 0 Å². The number of carbonyl (C=O) groups is 1. The molecule has 1 saturated heterocycles. The molecule has 3 heterocycles. The molecule has 1 N–H and O–H groups in total. The highest BCUT2D eigenvalue weighted by atomic mass is 16.2. The number of aromatic nitrogens is 2. The Labute approximate surface area is 125 Å². The Bertz CT molecular complexity index is 653. The number of anilines is 1. The van der Waals surface area contributed by atoms with Crippen LogP contribution in [0.15, 0.2) is 24.5 Å². The number of fused-ring (bicyclic) bond motifs is 1. The van der Waals surface area contributed by atoms with E-state index >= 15 is 0 Å². The number of amides is 2.